The van der Waals surface area contributed by atoms with Gasteiger partial charge in [0.05, 0.1) is 24.6 Å². The van der Waals surface area contributed by atoms with Crippen LogP contribution in [0.2, 0.25) is 0 Å². The van der Waals surface area contributed by atoms with Gasteiger partial charge in [-0.3, -0.25) is 9.59 Å². The van der Waals surface area contributed by atoms with Crippen molar-refractivity contribution in [2.75, 3.05) is 36.6 Å². The molecule has 0 spiro atoms. The van der Waals surface area contributed by atoms with Gasteiger partial charge in [0.15, 0.2) is 4.34 Å². The van der Waals surface area contributed by atoms with Crippen LogP contribution in [-0.2, 0) is 9.59 Å². The van der Waals surface area contributed by atoms with Crippen LogP contribution < -0.4 is 15.4 Å². The average Bonchev–Trinajstić information content (AvgIpc) is 3.22. The normalized spacial score (nSPS) is 10.5. The van der Waals surface area contributed by atoms with E-state index in [2.05, 4.69) is 20.8 Å². The van der Waals surface area contributed by atoms with Gasteiger partial charge in [0.25, 0.3) is 0 Å². The lowest BCUT2D eigenvalue weighted by Crippen LogP contribution is -2.35. The fourth-order valence-electron chi connectivity index (χ4n) is 2.66. The molecule has 0 aliphatic heterocycles. The molecule has 0 bridgehead atoms. The summed E-state index contributed by atoms with van der Waals surface area (Å²) in [6.07, 6.45) is 0. The minimum atomic E-state index is -0.245. The summed E-state index contributed by atoms with van der Waals surface area (Å²) in [6.45, 7) is 4.45. The molecular formula is C22H25N5O3S2. The Labute approximate surface area is 195 Å². The second kappa shape index (κ2) is 11.5. The zero-order chi connectivity index (χ0) is 22.9. The Kier molecular flexibility index (Phi) is 8.46. The third kappa shape index (κ3) is 6.96. The van der Waals surface area contributed by atoms with Gasteiger partial charge in [0, 0.05) is 12.7 Å². The molecule has 1 aromatic heterocycles. The van der Waals surface area contributed by atoms with Crippen LogP contribution in [0.25, 0.3) is 0 Å². The molecule has 2 N–H and O–H groups in total. The molecular weight excluding hydrogens is 446 g/mol. The van der Waals surface area contributed by atoms with Crippen LogP contribution in [0.15, 0.2) is 52.9 Å². The molecule has 0 aliphatic rings. The van der Waals surface area contributed by atoms with Crippen LogP contribution in [0.4, 0.5) is 16.5 Å². The molecule has 10 heteroatoms. The van der Waals surface area contributed by atoms with E-state index in [1.54, 1.807) is 7.05 Å². The van der Waals surface area contributed by atoms with E-state index in [1.807, 2.05) is 62.4 Å². The van der Waals surface area contributed by atoms with Gasteiger partial charge in [-0.2, -0.15) is 0 Å². The first kappa shape index (κ1) is 23.6. The molecule has 0 aliphatic carbocycles. The number of likely N-dealkylation sites (N-methyl/N-ethyl adjacent to an activating group) is 1. The van der Waals surface area contributed by atoms with Gasteiger partial charge in [0.2, 0.25) is 16.9 Å². The van der Waals surface area contributed by atoms with E-state index < -0.39 is 0 Å². The fraction of sp³-hybridized carbons (Fsp3) is 0.273. The van der Waals surface area contributed by atoms with Crippen molar-refractivity contribution >= 4 is 51.4 Å². The Hall–Kier alpha value is -3.11. The van der Waals surface area contributed by atoms with Crippen LogP contribution >= 0.6 is 23.1 Å². The van der Waals surface area contributed by atoms with Crippen LogP contribution in [-0.4, -0.2) is 52.9 Å². The van der Waals surface area contributed by atoms with Gasteiger partial charge in [-0.25, -0.2) is 0 Å². The van der Waals surface area contributed by atoms with Crippen molar-refractivity contribution in [2.45, 2.75) is 18.2 Å². The van der Waals surface area contributed by atoms with Crippen molar-refractivity contribution in [2.24, 2.45) is 0 Å². The van der Waals surface area contributed by atoms with Crippen LogP contribution in [0.3, 0.4) is 0 Å². The minimum Gasteiger partial charge on any atom is -0.492 e. The van der Waals surface area contributed by atoms with Gasteiger partial charge >= 0.3 is 0 Å². The monoisotopic (exact) mass is 471 g/mol. The lowest BCUT2D eigenvalue weighted by atomic mass is 10.2. The van der Waals surface area contributed by atoms with Crippen LogP contribution in [0.1, 0.15) is 12.5 Å². The number of rotatable bonds is 10. The topological polar surface area (TPSA) is 96.4 Å². The number of para-hydroxylation sites is 2. The first-order valence-electron chi connectivity index (χ1n) is 10.00. The summed E-state index contributed by atoms with van der Waals surface area (Å²) in [5.41, 5.74) is 2.62. The summed E-state index contributed by atoms with van der Waals surface area (Å²) in [5.74, 6) is 0.490. The fourth-order valence-corrected chi connectivity index (χ4v) is 4.36. The maximum absolute atomic E-state index is 12.4. The third-order valence-electron chi connectivity index (χ3n) is 4.30. The highest BCUT2D eigenvalue weighted by atomic mass is 32.2. The Morgan fingerprint density at radius 2 is 1.88 bits per heavy atom. The van der Waals surface area contributed by atoms with E-state index in [4.69, 9.17) is 4.74 Å². The second-order valence-electron chi connectivity index (χ2n) is 6.88. The first-order valence-corrected chi connectivity index (χ1v) is 11.8. The summed E-state index contributed by atoms with van der Waals surface area (Å²) in [5, 5.41) is 14.8. The van der Waals surface area contributed by atoms with E-state index >= 15 is 0 Å². The lowest BCUT2D eigenvalue weighted by Gasteiger charge is -2.16. The molecule has 1 heterocycles. The number of hydrogen-bond acceptors (Lipinski definition) is 8. The van der Waals surface area contributed by atoms with Crippen molar-refractivity contribution in [3.63, 3.8) is 0 Å². The highest BCUT2D eigenvalue weighted by Gasteiger charge is 2.15. The summed E-state index contributed by atoms with van der Waals surface area (Å²) in [7, 11) is 1.61. The van der Waals surface area contributed by atoms with Crippen LogP contribution in [0, 0.1) is 6.92 Å². The molecule has 2 aromatic carbocycles. The SMILES string of the molecule is CCOc1ccccc1Nc1nnc(SCC(=O)N(C)CC(=O)Nc2ccc(C)cc2)s1. The van der Waals surface area contributed by atoms with E-state index in [0.29, 0.717) is 21.8 Å². The summed E-state index contributed by atoms with van der Waals surface area (Å²) in [6, 6.07) is 15.1. The lowest BCUT2D eigenvalue weighted by molar-refractivity contribution is -0.131. The van der Waals surface area contributed by atoms with Crippen molar-refractivity contribution in [3.8, 4) is 5.75 Å². The maximum Gasteiger partial charge on any atom is 0.243 e. The van der Waals surface area contributed by atoms with Crippen LogP contribution in [0.5, 0.6) is 5.75 Å². The van der Waals surface area contributed by atoms with Gasteiger partial charge in [-0.05, 0) is 38.1 Å². The molecule has 3 aromatic rings. The summed E-state index contributed by atoms with van der Waals surface area (Å²) >= 11 is 2.64. The summed E-state index contributed by atoms with van der Waals surface area (Å²) in [4.78, 5) is 26.0. The maximum atomic E-state index is 12.4. The number of nitrogens with zero attached hydrogens (tertiary/aromatic N) is 3. The van der Waals surface area contributed by atoms with Gasteiger partial charge < -0.3 is 20.3 Å². The molecule has 2 amide bonds. The predicted molar refractivity (Wildman–Crippen MR) is 129 cm³/mol. The first-order chi connectivity index (χ1) is 15.4. The molecule has 3 rings (SSSR count). The Morgan fingerprint density at radius 1 is 1.12 bits per heavy atom. The van der Waals surface area contributed by atoms with E-state index in [0.717, 1.165) is 17.0 Å². The Bertz CT molecular complexity index is 1060. The quantitative estimate of drug-likeness (QED) is 0.428. The van der Waals surface area contributed by atoms with Crippen molar-refractivity contribution < 1.29 is 14.3 Å². The van der Waals surface area contributed by atoms with Gasteiger partial charge in [-0.15, -0.1) is 10.2 Å². The average molecular weight is 472 g/mol. The molecule has 0 atom stereocenters. The van der Waals surface area contributed by atoms with E-state index in [9.17, 15) is 9.59 Å². The third-order valence-corrected chi connectivity index (χ3v) is 6.25. The number of aromatic nitrogens is 2. The molecule has 8 nitrogen and oxygen atoms in total. The van der Waals surface area contributed by atoms with Crippen molar-refractivity contribution in [1.82, 2.24) is 15.1 Å². The Morgan fingerprint density at radius 3 is 2.62 bits per heavy atom. The number of benzene rings is 2. The number of hydrogen-bond donors (Lipinski definition) is 2. The highest BCUT2D eigenvalue weighted by Crippen LogP contribution is 2.31. The smallest absolute Gasteiger partial charge is 0.243 e. The molecule has 0 saturated heterocycles. The molecule has 0 unspecified atom stereocenters. The molecule has 32 heavy (non-hydrogen) atoms. The largest absolute Gasteiger partial charge is 0.492 e. The number of anilines is 3. The minimum absolute atomic E-state index is 0.0234. The number of thioether (sulfide) groups is 1. The van der Waals surface area contributed by atoms with Crippen molar-refractivity contribution in [3.05, 3.63) is 54.1 Å². The number of aryl methyl sites for hydroxylation is 1. The number of ether oxygens (including phenoxy) is 1. The Balaban J connectivity index is 1.47. The predicted octanol–water partition coefficient (Wildman–Crippen LogP) is 4.18. The zero-order valence-corrected chi connectivity index (χ0v) is 19.8. The number of amides is 2. The number of carbonyl (C=O) groups excluding carboxylic acids is 2. The van der Waals surface area contributed by atoms with E-state index in [1.165, 1.54) is 28.0 Å². The zero-order valence-electron chi connectivity index (χ0n) is 18.1. The number of nitrogens with one attached hydrogen (secondary N) is 2. The van der Waals surface area contributed by atoms with Crippen molar-refractivity contribution in [1.29, 1.82) is 0 Å². The molecule has 0 radical (unpaired) electrons. The molecule has 168 valence electrons. The van der Waals surface area contributed by atoms with E-state index in [-0.39, 0.29) is 24.1 Å². The molecule has 0 fully saturated rings. The second-order valence-corrected chi connectivity index (χ2v) is 9.08. The van der Waals surface area contributed by atoms with Gasteiger partial charge in [0.1, 0.15) is 5.75 Å². The molecule has 0 saturated carbocycles. The number of carbonyl (C=O) groups is 2. The highest BCUT2D eigenvalue weighted by molar-refractivity contribution is 8.01. The summed E-state index contributed by atoms with van der Waals surface area (Å²) < 4.78 is 6.26. The standard InChI is InChI=1S/C22H25N5O3S2/c1-4-30-18-8-6-5-7-17(18)24-21-25-26-22(32-21)31-14-20(29)27(3)13-19(28)23-16-11-9-15(2)10-12-16/h5-12H,4,13-14H2,1-3H3,(H,23,28)(H,24,25). The van der Waals surface area contributed by atoms with Gasteiger partial charge in [-0.1, -0.05) is 52.9 Å².